The first kappa shape index (κ1) is 11.4. The number of nitriles is 1. The average Bonchev–Trinajstić information content (AvgIpc) is 2.39. The maximum Gasteiger partial charge on any atom is 0.328 e. The summed E-state index contributed by atoms with van der Waals surface area (Å²) in [5.41, 5.74) is 1.28. The second-order valence-corrected chi connectivity index (χ2v) is 3.78. The van der Waals surface area contributed by atoms with E-state index in [2.05, 4.69) is 0 Å². The van der Waals surface area contributed by atoms with Gasteiger partial charge in [-0.3, -0.25) is 0 Å². The van der Waals surface area contributed by atoms with Gasteiger partial charge in [0.1, 0.15) is 0 Å². The van der Waals surface area contributed by atoms with E-state index in [1.165, 1.54) is 0 Å². The van der Waals surface area contributed by atoms with E-state index >= 15 is 0 Å². The summed E-state index contributed by atoms with van der Waals surface area (Å²) < 4.78 is 5.16. The van der Waals surface area contributed by atoms with Crippen molar-refractivity contribution in [1.29, 1.82) is 5.26 Å². The molecule has 1 atom stereocenters. The normalized spacial score (nSPS) is 19.7. The lowest BCUT2D eigenvalue weighted by atomic mass is 10.1. The Morgan fingerprint density at radius 1 is 1.59 bits per heavy atom. The van der Waals surface area contributed by atoms with Crippen molar-refractivity contribution in [3.63, 3.8) is 0 Å². The van der Waals surface area contributed by atoms with Crippen LogP contribution in [0.25, 0.3) is 0 Å². The van der Waals surface area contributed by atoms with Gasteiger partial charge in [-0.25, -0.2) is 4.79 Å². The third-order valence-corrected chi connectivity index (χ3v) is 2.72. The highest BCUT2D eigenvalue weighted by Crippen LogP contribution is 2.20. The summed E-state index contributed by atoms with van der Waals surface area (Å²) in [5.74, 6) is -0.910. The average molecular weight is 232 g/mol. The van der Waals surface area contributed by atoms with Crippen molar-refractivity contribution in [3.8, 4) is 6.07 Å². The maximum atomic E-state index is 11.1. The van der Waals surface area contributed by atoms with Gasteiger partial charge in [0, 0.05) is 12.2 Å². The lowest BCUT2D eigenvalue weighted by Crippen LogP contribution is -2.50. The van der Waals surface area contributed by atoms with Gasteiger partial charge in [-0.2, -0.15) is 5.26 Å². The molecule has 1 fully saturated rings. The van der Waals surface area contributed by atoms with Crippen molar-refractivity contribution in [3.05, 3.63) is 29.8 Å². The number of ether oxygens (including phenoxy) is 1. The number of carboxylic acid groups (broad SMARTS) is 1. The number of anilines is 1. The van der Waals surface area contributed by atoms with Crippen LogP contribution in [-0.2, 0) is 9.53 Å². The number of aliphatic carboxylic acids is 1. The fourth-order valence-electron chi connectivity index (χ4n) is 1.87. The zero-order valence-corrected chi connectivity index (χ0v) is 9.17. The molecule has 0 aliphatic carbocycles. The SMILES string of the molecule is N#Cc1cccc(N2CCOCC2C(=O)O)c1. The number of hydrogen-bond donors (Lipinski definition) is 1. The zero-order valence-electron chi connectivity index (χ0n) is 9.17. The van der Waals surface area contributed by atoms with Crippen molar-refractivity contribution in [2.75, 3.05) is 24.7 Å². The predicted molar refractivity (Wildman–Crippen MR) is 60.7 cm³/mol. The highest BCUT2D eigenvalue weighted by atomic mass is 16.5. The summed E-state index contributed by atoms with van der Waals surface area (Å²) in [4.78, 5) is 12.9. The smallest absolute Gasteiger partial charge is 0.328 e. The number of morpholine rings is 1. The van der Waals surface area contributed by atoms with E-state index in [1.54, 1.807) is 23.1 Å². The third-order valence-electron chi connectivity index (χ3n) is 2.72. The minimum absolute atomic E-state index is 0.173. The first-order valence-electron chi connectivity index (χ1n) is 5.30. The van der Waals surface area contributed by atoms with Crippen molar-refractivity contribution < 1.29 is 14.6 Å². The minimum atomic E-state index is -0.910. The lowest BCUT2D eigenvalue weighted by molar-refractivity contribution is -0.141. The zero-order chi connectivity index (χ0) is 12.3. The molecule has 1 N–H and O–H groups in total. The molecule has 88 valence electrons. The monoisotopic (exact) mass is 232 g/mol. The Labute approximate surface area is 98.8 Å². The van der Waals surface area contributed by atoms with E-state index < -0.39 is 12.0 Å². The van der Waals surface area contributed by atoms with Crippen LogP contribution < -0.4 is 4.90 Å². The largest absolute Gasteiger partial charge is 0.480 e. The van der Waals surface area contributed by atoms with E-state index in [0.717, 1.165) is 5.69 Å². The molecule has 2 rings (SSSR count). The highest BCUT2D eigenvalue weighted by Gasteiger charge is 2.29. The molecule has 0 saturated carbocycles. The molecule has 1 aliphatic rings. The van der Waals surface area contributed by atoms with Crippen LogP contribution in [0.2, 0.25) is 0 Å². The predicted octanol–water partition coefficient (Wildman–Crippen LogP) is 0.848. The Morgan fingerprint density at radius 2 is 2.41 bits per heavy atom. The quantitative estimate of drug-likeness (QED) is 0.818. The highest BCUT2D eigenvalue weighted by molar-refractivity contribution is 5.78. The van der Waals surface area contributed by atoms with Gasteiger partial charge >= 0.3 is 5.97 Å². The molecule has 5 heteroatoms. The Kier molecular flexibility index (Phi) is 3.26. The molecule has 1 saturated heterocycles. The Balaban J connectivity index is 2.29. The molecule has 1 unspecified atom stereocenters. The molecule has 1 heterocycles. The minimum Gasteiger partial charge on any atom is -0.480 e. The lowest BCUT2D eigenvalue weighted by Gasteiger charge is -2.34. The summed E-state index contributed by atoms with van der Waals surface area (Å²) >= 11 is 0. The number of rotatable bonds is 2. The van der Waals surface area contributed by atoms with Crippen molar-refractivity contribution in [2.24, 2.45) is 0 Å². The van der Waals surface area contributed by atoms with Gasteiger partial charge in [0.2, 0.25) is 0 Å². The molecule has 5 nitrogen and oxygen atoms in total. The number of benzene rings is 1. The van der Waals surface area contributed by atoms with Crippen molar-refractivity contribution in [1.82, 2.24) is 0 Å². The summed E-state index contributed by atoms with van der Waals surface area (Å²) in [7, 11) is 0. The van der Waals surface area contributed by atoms with Crippen LogP contribution in [-0.4, -0.2) is 36.9 Å². The second-order valence-electron chi connectivity index (χ2n) is 3.78. The Hall–Kier alpha value is -2.06. The number of hydrogen-bond acceptors (Lipinski definition) is 4. The topological polar surface area (TPSA) is 73.6 Å². The van der Waals surface area contributed by atoms with Gasteiger partial charge < -0.3 is 14.7 Å². The van der Waals surface area contributed by atoms with Crippen LogP contribution in [0.15, 0.2) is 24.3 Å². The van der Waals surface area contributed by atoms with E-state index in [4.69, 9.17) is 15.1 Å². The van der Waals surface area contributed by atoms with Gasteiger partial charge in [-0.1, -0.05) is 6.07 Å². The van der Waals surface area contributed by atoms with Crippen LogP contribution in [0.1, 0.15) is 5.56 Å². The van der Waals surface area contributed by atoms with E-state index in [-0.39, 0.29) is 6.61 Å². The van der Waals surface area contributed by atoms with Gasteiger partial charge in [0.15, 0.2) is 6.04 Å². The maximum absolute atomic E-state index is 11.1. The summed E-state index contributed by atoms with van der Waals surface area (Å²) in [6, 6.07) is 8.31. The van der Waals surface area contributed by atoms with E-state index in [0.29, 0.717) is 18.7 Å². The fraction of sp³-hybridized carbons (Fsp3) is 0.333. The van der Waals surface area contributed by atoms with Crippen molar-refractivity contribution >= 4 is 11.7 Å². The van der Waals surface area contributed by atoms with Gasteiger partial charge in [0.25, 0.3) is 0 Å². The van der Waals surface area contributed by atoms with E-state index in [9.17, 15) is 4.79 Å². The summed E-state index contributed by atoms with van der Waals surface area (Å²) in [6.07, 6.45) is 0. The van der Waals surface area contributed by atoms with E-state index in [1.807, 2.05) is 12.1 Å². The van der Waals surface area contributed by atoms with Crippen LogP contribution in [0, 0.1) is 11.3 Å². The van der Waals surface area contributed by atoms with Crippen LogP contribution in [0.5, 0.6) is 0 Å². The second kappa shape index (κ2) is 4.85. The molecule has 0 radical (unpaired) electrons. The fourth-order valence-corrected chi connectivity index (χ4v) is 1.87. The summed E-state index contributed by atoms with van der Waals surface area (Å²) in [5, 5.41) is 17.9. The number of carbonyl (C=O) groups is 1. The first-order chi connectivity index (χ1) is 8.22. The molecule has 0 spiro atoms. The summed E-state index contributed by atoms with van der Waals surface area (Å²) in [6.45, 7) is 1.19. The van der Waals surface area contributed by atoms with Crippen LogP contribution in [0.4, 0.5) is 5.69 Å². The molecule has 17 heavy (non-hydrogen) atoms. The first-order valence-corrected chi connectivity index (χ1v) is 5.30. The van der Waals surface area contributed by atoms with Gasteiger partial charge in [0.05, 0.1) is 24.8 Å². The van der Waals surface area contributed by atoms with Crippen molar-refractivity contribution in [2.45, 2.75) is 6.04 Å². The van der Waals surface area contributed by atoms with Gasteiger partial charge in [-0.05, 0) is 18.2 Å². The standard InChI is InChI=1S/C12H12N2O3/c13-7-9-2-1-3-10(6-9)14-4-5-17-8-11(14)12(15)16/h1-3,6,11H,4-5,8H2,(H,15,16). The number of carboxylic acids is 1. The van der Waals surface area contributed by atoms with Gasteiger partial charge in [-0.15, -0.1) is 0 Å². The van der Waals surface area contributed by atoms with Crippen LogP contribution >= 0.6 is 0 Å². The number of nitrogens with zero attached hydrogens (tertiary/aromatic N) is 2. The molecule has 1 aliphatic heterocycles. The molecular formula is C12H12N2O3. The molecule has 1 aromatic rings. The van der Waals surface area contributed by atoms with Crippen LogP contribution in [0.3, 0.4) is 0 Å². The molecule has 0 bridgehead atoms. The molecule has 0 amide bonds. The third kappa shape index (κ3) is 2.37. The Morgan fingerprint density at radius 3 is 3.12 bits per heavy atom. The molecule has 1 aromatic carbocycles. The molecule has 0 aromatic heterocycles. The molecular weight excluding hydrogens is 220 g/mol. The Bertz CT molecular complexity index is 467.